The number of anilines is 2. The van der Waals surface area contributed by atoms with E-state index < -0.39 is 0 Å². The number of carbonyl (C=O) groups is 1. The summed E-state index contributed by atoms with van der Waals surface area (Å²) in [5.41, 5.74) is 3.24. The van der Waals surface area contributed by atoms with Crippen molar-refractivity contribution in [2.24, 2.45) is 0 Å². The van der Waals surface area contributed by atoms with E-state index >= 15 is 0 Å². The quantitative estimate of drug-likeness (QED) is 0.737. The summed E-state index contributed by atoms with van der Waals surface area (Å²) in [6.07, 6.45) is 0. The van der Waals surface area contributed by atoms with Crippen molar-refractivity contribution in [3.8, 4) is 5.75 Å². The number of Topliss-reactive ketones (excluding diaryl/α,β-unsaturated/α-hetero) is 1. The number of para-hydroxylation sites is 2. The van der Waals surface area contributed by atoms with Gasteiger partial charge in [-0.15, -0.1) is 0 Å². The van der Waals surface area contributed by atoms with Crippen LogP contribution < -0.4 is 15.0 Å². The van der Waals surface area contributed by atoms with E-state index in [0.717, 1.165) is 62.1 Å². The van der Waals surface area contributed by atoms with Gasteiger partial charge < -0.3 is 15.0 Å². The third-order valence-corrected chi connectivity index (χ3v) is 5.13. The van der Waals surface area contributed by atoms with Crippen LogP contribution in [0.5, 0.6) is 5.75 Å². The SMILES string of the molecule is COc1ccccc1N1CCN(CCNc2nc(C)c(C(C)=O)c(C)n2)CC1. The highest BCUT2D eigenvalue weighted by atomic mass is 16.5. The van der Waals surface area contributed by atoms with Crippen LogP contribution in [0.1, 0.15) is 28.7 Å². The average Bonchev–Trinajstić information content (AvgIpc) is 2.67. The zero-order valence-corrected chi connectivity index (χ0v) is 17.2. The van der Waals surface area contributed by atoms with Crippen molar-refractivity contribution in [2.75, 3.05) is 56.6 Å². The molecule has 0 amide bonds. The molecule has 0 atom stereocenters. The van der Waals surface area contributed by atoms with Crippen molar-refractivity contribution < 1.29 is 9.53 Å². The van der Waals surface area contributed by atoms with Crippen LogP contribution in [0, 0.1) is 13.8 Å². The predicted octanol–water partition coefficient (Wildman–Crippen LogP) is 2.54. The summed E-state index contributed by atoms with van der Waals surface area (Å²) in [5, 5.41) is 3.29. The van der Waals surface area contributed by atoms with Gasteiger partial charge in [0.25, 0.3) is 0 Å². The Morgan fingerprint density at radius 3 is 2.36 bits per heavy atom. The van der Waals surface area contributed by atoms with Crippen LogP contribution >= 0.6 is 0 Å². The number of methoxy groups -OCH3 is 1. The summed E-state index contributed by atoms with van der Waals surface area (Å²) in [7, 11) is 1.72. The van der Waals surface area contributed by atoms with Crippen LogP contribution in [0.4, 0.5) is 11.6 Å². The van der Waals surface area contributed by atoms with Gasteiger partial charge in [0.05, 0.1) is 29.7 Å². The normalized spacial score (nSPS) is 14.8. The van der Waals surface area contributed by atoms with Crippen molar-refractivity contribution in [3.63, 3.8) is 0 Å². The van der Waals surface area contributed by atoms with E-state index in [1.54, 1.807) is 14.0 Å². The second-order valence-electron chi connectivity index (χ2n) is 7.08. The van der Waals surface area contributed by atoms with E-state index in [-0.39, 0.29) is 5.78 Å². The number of nitrogens with one attached hydrogen (secondary N) is 1. The molecule has 0 radical (unpaired) electrons. The van der Waals surface area contributed by atoms with Gasteiger partial charge in [0.15, 0.2) is 5.78 Å². The lowest BCUT2D eigenvalue weighted by atomic mass is 10.1. The van der Waals surface area contributed by atoms with Gasteiger partial charge in [0.2, 0.25) is 5.95 Å². The Hall–Kier alpha value is -2.67. The number of benzene rings is 1. The lowest BCUT2D eigenvalue weighted by molar-refractivity contribution is 0.101. The summed E-state index contributed by atoms with van der Waals surface area (Å²) >= 11 is 0. The van der Waals surface area contributed by atoms with E-state index in [0.29, 0.717) is 11.5 Å². The van der Waals surface area contributed by atoms with Crippen LogP contribution in [0.25, 0.3) is 0 Å². The molecule has 28 heavy (non-hydrogen) atoms. The molecular weight excluding hydrogens is 354 g/mol. The second kappa shape index (κ2) is 9.01. The maximum atomic E-state index is 11.7. The largest absolute Gasteiger partial charge is 0.495 e. The van der Waals surface area contributed by atoms with Crippen molar-refractivity contribution in [3.05, 3.63) is 41.2 Å². The van der Waals surface area contributed by atoms with E-state index in [1.165, 1.54) is 0 Å². The minimum absolute atomic E-state index is 0.00877. The summed E-state index contributed by atoms with van der Waals surface area (Å²) in [5.74, 6) is 1.52. The van der Waals surface area contributed by atoms with E-state index in [9.17, 15) is 4.79 Å². The smallest absolute Gasteiger partial charge is 0.223 e. The van der Waals surface area contributed by atoms with Gasteiger partial charge in [-0.3, -0.25) is 9.69 Å². The molecule has 1 fully saturated rings. The number of ketones is 1. The Labute approximate surface area is 166 Å². The minimum Gasteiger partial charge on any atom is -0.495 e. The molecule has 0 saturated carbocycles. The molecule has 0 aliphatic carbocycles. The number of rotatable bonds is 7. The molecule has 0 unspecified atom stereocenters. The Kier molecular flexibility index (Phi) is 6.46. The summed E-state index contributed by atoms with van der Waals surface area (Å²) in [6.45, 7) is 10.9. The Balaban J connectivity index is 1.49. The fraction of sp³-hybridized carbons (Fsp3) is 0.476. The number of nitrogens with zero attached hydrogens (tertiary/aromatic N) is 4. The number of aryl methyl sites for hydroxylation is 2. The Morgan fingerprint density at radius 2 is 1.75 bits per heavy atom. The molecule has 1 aromatic heterocycles. The van der Waals surface area contributed by atoms with Gasteiger partial charge in [0, 0.05) is 39.3 Å². The molecule has 0 bridgehead atoms. The van der Waals surface area contributed by atoms with Crippen LogP contribution in [-0.2, 0) is 0 Å². The zero-order chi connectivity index (χ0) is 20.1. The molecule has 7 nitrogen and oxygen atoms in total. The number of piperazine rings is 1. The maximum Gasteiger partial charge on any atom is 0.223 e. The highest BCUT2D eigenvalue weighted by Crippen LogP contribution is 2.28. The standard InChI is InChI=1S/C21H29N5O2/c1-15-20(17(3)27)16(2)24-21(23-15)22-9-10-25-11-13-26(14-12-25)18-7-5-6-8-19(18)28-4/h5-8H,9-14H2,1-4H3,(H,22,23,24). The lowest BCUT2D eigenvalue weighted by Gasteiger charge is -2.36. The first-order chi connectivity index (χ1) is 13.5. The van der Waals surface area contributed by atoms with Gasteiger partial charge in [-0.1, -0.05) is 12.1 Å². The minimum atomic E-state index is 0.00877. The predicted molar refractivity (Wildman–Crippen MR) is 112 cm³/mol. The van der Waals surface area contributed by atoms with Gasteiger partial charge in [-0.25, -0.2) is 9.97 Å². The number of carbonyl (C=O) groups excluding carboxylic acids is 1. The molecule has 7 heteroatoms. The lowest BCUT2D eigenvalue weighted by Crippen LogP contribution is -2.47. The third-order valence-electron chi connectivity index (χ3n) is 5.13. The Bertz CT molecular complexity index is 808. The number of hydrogen-bond acceptors (Lipinski definition) is 7. The van der Waals surface area contributed by atoms with Crippen LogP contribution in [-0.4, -0.2) is 67.0 Å². The topological polar surface area (TPSA) is 70.6 Å². The molecule has 1 aliphatic heterocycles. The average molecular weight is 383 g/mol. The molecule has 150 valence electrons. The van der Waals surface area contributed by atoms with Crippen LogP contribution in [0.2, 0.25) is 0 Å². The molecule has 1 saturated heterocycles. The fourth-order valence-corrected chi connectivity index (χ4v) is 3.73. The van der Waals surface area contributed by atoms with Crippen LogP contribution in [0.15, 0.2) is 24.3 Å². The summed E-state index contributed by atoms with van der Waals surface area (Å²) in [4.78, 5) is 25.3. The van der Waals surface area contributed by atoms with Crippen molar-refractivity contribution in [1.82, 2.24) is 14.9 Å². The number of aromatic nitrogens is 2. The van der Waals surface area contributed by atoms with Gasteiger partial charge in [-0.2, -0.15) is 0 Å². The molecule has 2 heterocycles. The van der Waals surface area contributed by atoms with Crippen molar-refractivity contribution >= 4 is 17.4 Å². The zero-order valence-electron chi connectivity index (χ0n) is 17.2. The van der Waals surface area contributed by atoms with E-state index in [1.807, 2.05) is 26.0 Å². The molecule has 3 rings (SSSR count). The monoisotopic (exact) mass is 383 g/mol. The molecule has 2 aromatic rings. The fourth-order valence-electron chi connectivity index (χ4n) is 3.73. The number of hydrogen-bond donors (Lipinski definition) is 1. The van der Waals surface area contributed by atoms with E-state index in [2.05, 4.69) is 37.2 Å². The van der Waals surface area contributed by atoms with Crippen LogP contribution in [0.3, 0.4) is 0 Å². The molecule has 1 aliphatic rings. The molecule has 1 aromatic carbocycles. The first-order valence-corrected chi connectivity index (χ1v) is 9.70. The van der Waals surface area contributed by atoms with E-state index in [4.69, 9.17) is 4.74 Å². The van der Waals surface area contributed by atoms with Gasteiger partial charge >= 0.3 is 0 Å². The molecule has 1 N–H and O–H groups in total. The van der Waals surface area contributed by atoms with Gasteiger partial charge in [0.1, 0.15) is 5.75 Å². The number of ether oxygens (including phenoxy) is 1. The maximum absolute atomic E-state index is 11.7. The van der Waals surface area contributed by atoms with Gasteiger partial charge in [-0.05, 0) is 32.9 Å². The first kappa shape index (κ1) is 20.1. The summed E-state index contributed by atoms with van der Waals surface area (Å²) in [6, 6.07) is 8.17. The first-order valence-electron chi connectivity index (χ1n) is 9.70. The highest BCUT2D eigenvalue weighted by molar-refractivity contribution is 5.96. The molecular formula is C21H29N5O2. The van der Waals surface area contributed by atoms with Crippen molar-refractivity contribution in [2.45, 2.75) is 20.8 Å². The highest BCUT2D eigenvalue weighted by Gasteiger charge is 2.19. The van der Waals surface area contributed by atoms with Crippen molar-refractivity contribution in [1.29, 1.82) is 0 Å². The third kappa shape index (κ3) is 4.59. The Morgan fingerprint density at radius 1 is 1.11 bits per heavy atom. The summed E-state index contributed by atoms with van der Waals surface area (Å²) < 4.78 is 5.48. The second-order valence-corrected chi connectivity index (χ2v) is 7.08. The molecule has 0 spiro atoms.